The molecule has 0 aliphatic carbocycles. The van der Waals surface area contributed by atoms with Crippen LogP contribution in [0.3, 0.4) is 0 Å². The van der Waals surface area contributed by atoms with Gasteiger partial charge in [-0.3, -0.25) is 4.57 Å². The van der Waals surface area contributed by atoms with Crippen LogP contribution in [-0.4, -0.2) is 24.7 Å². The van der Waals surface area contributed by atoms with E-state index in [1.54, 1.807) is 12.3 Å². The Morgan fingerprint density at radius 2 is 2.14 bits per heavy atom. The van der Waals surface area contributed by atoms with Crippen LogP contribution in [0, 0.1) is 5.82 Å². The smallest absolute Gasteiger partial charge is 0.200 e. The van der Waals surface area contributed by atoms with E-state index in [0.29, 0.717) is 35.4 Å². The summed E-state index contributed by atoms with van der Waals surface area (Å²) < 4.78 is 21.5. The lowest BCUT2D eigenvalue weighted by molar-refractivity contribution is 0.557. The minimum Gasteiger partial charge on any atom is -0.461 e. The lowest BCUT2D eigenvalue weighted by Crippen LogP contribution is -2.01. The molecule has 0 aliphatic heterocycles. The number of nitrogens with zero attached hydrogens (tertiary/aromatic N) is 5. The summed E-state index contributed by atoms with van der Waals surface area (Å²) in [6, 6.07) is 3.60. The molecule has 3 rings (SSSR count). The number of hydrogen-bond donors (Lipinski definition) is 0. The first kappa shape index (κ1) is 14.7. The van der Waals surface area contributed by atoms with Crippen molar-refractivity contribution in [1.82, 2.24) is 24.7 Å². The van der Waals surface area contributed by atoms with Crippen molar-refractivity contribution >= 4 is 11.8 Å². The van der Waals surface area contributed by atoms with Gasteiger partial charge in [0.25, 0.3) is 0 Å². The highest BCUT2D eigenvalue weighted by atomic mass is 32.2. The van der Waals surface area contributed by atoms with Gasteiger partial charge in [-0.15, -0.1) is 10.2 Å². The number of hydrogen-bond acceptors (Lipinski definition) is 6. The molecule has 114 valence electrons. The standard InChI is InChI=1S/C14H14FN5OS/c1-3-9-11(15)13(17-8-16-9)22-14-19-18-12(20(14)4-2)10-6-5-7-21-10/h5-8H,3-4H2,1-2H3. The van der Waals surface area contributed by atoms with Gasteiger partial charge >= 0.3 is 0 Å². The number of rotatable bonds is 5. The van der Waals surface area contributed by atoms with Crippen molar-refractivity contribution in [3.05, 3.63) is 36.2 Å². The van der Waals surface area contributed by atoms with Crippen molar-refractivity contribution in [3.63, 3.8) is 0 Å². The largest absolute Gasteiger partial charge is 0.461 e. The lowest BCUT2D eigenvalue weighted by Gasteiger charge is -2.06. The number of aryl methyl sites for hydroxylation is 1. The molecule has 0 amide bonds. The van der Waals surface area contributed by atoms with Gasteiger partial charge in [0.15, 0.2) is 22.6 Å². The molecule has 3 aromatic rings. The highest BCUT2D eigenvalue weighted by molar-refractivity contribution is 7.99. The van der Waals surface area contributed by atoms with Crippen LogP contribution in [-0.2, 0) is 13.0 Å². The maximum absolute atomic E-state index is 14.3. The van der Waals surface area contributed by atoms with Crippen molar-refractivity contribution in [2.75, 3.05) is 0 Å². The molecule has 3 aromatic heterocycles. The second kappa shape index (κ2) is 6.27. The first-order valence-electron chi connectivity index (χ1n) is 6.88. The Morgan fingerprint density at radius 3 is 2.82 bits per heavy atom. The summed E-state index contributed by atoms with van der Waals surface area (Å²) in [7, 11) is 0. The quantitative estimate of drug-likeness (QED) is 0.673. The molecule has 8 heteroatoms. The van der Waals surface area contributed by atoms with Crippen molar-refractivity contribution in [1.29, 1.82) is 0 Å². The summed E-state index contributed by atoms with van der Waals surface area (Å²) in [5.74, 6) is 0.832. The van der Waals surface area contributed by atoms with Gasteiger partial charge in [0.1, 0.15) is 11.4 Å². The molecule has 0 spiro atoms. The maximum atomic E-state index is 14.3. The molecule has 0 N–H and O–H groups in total. The van der Waals surface area contributed by atoms with Crippen molar-refractivity contribution < 1.29 is 8.81 Å². The first-order chi connectivity index (χ1) is 10.7. The van der Waals surface area contributed by atoms with Gasteiger partial charge in [-0.1, -0.05) is 6.92 Å². The van der Waals surface area contributed by atoms with Crippen LogP contribution in [0.1, 0.15) is 19.5 Å². The number of furan rings is 1. The zero-order valence-electron chi connectivity index (χ0n) is 12.2. The van der Waals surface area contributed by atoms with E-state index in [4.69, 9.17) is 4.42 Å². The second-order valence-electron chi connectivity index (χ2n) is 4.42. The molecule has 3 heterocycles. The molecule has 0 radical (unpaired) electrons. The van der Waals surface area contributed by atoms with E-state index in [0.717, 1.165) is 11.8 Å². The Bertz CT molecular complexity index is 772. The highest BCUT2D eigenvalue weighted by Crippen LogP contribution is 2.30. The SMILES string of the molecule is CCc1ncnc(Sc2nnc(-c3ccco3)n2CC)c1F. The predicted octanol–water partition coefficient (Wildman–Crippen LogP) is 3.20. The van der Waals surface area contributed by atoms with E-state index in [1.807, 2.05) is 24.5 Å². The van der Waals surface area contributed by atoms with Crippen LogP contribution in [0.15, 0.2) is 39.3 Å². The number of aromatic nitrogens is 5. The average molecular weight is 319 g/mol. The normalized spacial score (nSPS) is 11.0. The number of halogens is 1. The Labute approximate surface area is 130 Å². The van der Waals surface area contributed by atoms with E-state index >= 15 is 0 Å². The molecular weight excluding hydrogens is 305 g/mol. The Hall–Kier alpha value is -2.22. The molecule has 0 atom stereocenters. The zero-order valence-corrected chi connectivity index (χ0v) is 13.0. The van der Waals surface area contributed by atoms with Gasteiger partial charge < -0.3 is 4.42 Å². The van der Waals surface area contributed by atoms with Crippen molar-refractivity contribution in [3.8, 4) is 11.6 Å². The van der Waals surface area contributed by atoms with Gasteiger partial charge in [0.05, 0.1) is 12.0 Å². The first-order valence-corrected chi connectivity index (χ1v) is 7.70. The molecule has 0 saturated heterocycles. The minimum atomic E-state index is -0.403. The zero-order chi connectivity index (χ0) is 15.5. The van der Waals surface area contributed by atoms with Crippen LogP contribution in [0.2, 0.25) is 0 Å². The van der Waals surface area contributed by atoms with E-state index in [-0.39, 0.29) is 5.03 Å². The summed E-state index contributed by atoms with van der Waals surface area (Å²) in [5.41, 5.74) is 0.395. The molecule has 0 fully saturated rings. The van der Waals surface area contributed by atoms with Crippen molar-refractivity contribution in [2.45, 2.75) is 37.0 Å². The fraction of sp³-hybridized carbons (Fsp3) is 0.286. The Balaban J connectivity index is 1.97. The molecule has 0 aliphatic rings. The van der Waals surface area contributed by atoms with Crippen molar-refractivity contribution in [2.24, 2.45) is 0 Å². The van der Waals surface area contributed by atoms with Gasteiger partial charge in [0.2, 0.25) is 0 Å². The molecular formula is C14H14FN5OS. The van der Waals surface area contributed by atoms with Crippen LogP contribution < -0.4 is 0 Å². The predicted molar refractivity (Wildman–Crippen MR) is 78.9 cm³/mol. The summed E-state index contributed by atoms with van der Waals surface area (Å²) in [4.78, 5) is 7.93. The van der Waals surface area contributed by atoms with Gasteiger partial charge in [-0.25, -0.2) is 14.4 Å². The average Bonchev–Trinajstić information content (AvgIpc) is 3.18. The molecule has 0 unspecified atom stereocenters. The highest BCUT2D eigenvalue weighted by Gasteiger charge is 2.19. The lowest BCUT2D eigenvalue weighted by atomic mass is 10.3. The maximum Gasteiger partial charge on any atom is 0.200 e. The fourth-order valence-electron chi connectivity index (χ4n) is 2.03. The summed E-state index contributed by atoms with van der Waals surface area (Å²) in [5, 5.41) is 9.07. The van der Waals surface area contributed by atoms with Crippen LogP contribution >= 0.6 is 11.8 Å². The van der Waals surface area contributed by atoms with E-state index in [2.05, 4.69) is 20.2 Å². The van der Waals surface area contributed by atoms with Gasteiger partial charge in [0, 0.05) is 6.54 Å². The van der Waals surface area contributed by atoms with Crippen LogP contribution in [0.5, 0.6) is 0 Å². The molecule has 0 saturated carbocycles. The minimum absolute atomic E-state index is 0.250. The summed E-state index contributed by atoms with van der Waals surface area (Å²) >= 11 is 1.13. The monoisotopic (exact) mass is 319 g/mol. The van der Waals surface area contributed by atoms with Crippen LogP contribution in [0.25, 0.3) is 11.6 Å². The second-order valence-corrected chi connectivity index (χ2v) is 5.38. The topological polar surface area (TPSA) is 69.6 Å². The Kier molecular flexibility index (Phi) is 4.19. The van der Waals surface area contributed by atoms with Gasteiger partial charge in [-0.05, 0) is 37.2 Å². The molecule has 0 aromatic carbocycles. The third-order valence-corrected chi connectivity index (χ3v) is 4.09. The summed E-state index contributed by atoms with van der Waals surface area (Å²) in [6.45, 7) is 4.45. The molecule has 0 bridgehead atoms. The van der Waals surface area contributed by atoms with E-state index in [1.165, 1.54) is 6.33 Å². The molecule has 6 nitrogen and oxygen atoms in total. The Morgan fingerprint density at radius 1 is 1.27 bits per heavy atom. The van der Waals surface area contributed by atoms with Gasteiger partial charge in [-0.2, -0.15) is 0 Å². The summed E-state index contributed by atoms with van der Waals surface area (Å²) in [6.07, 6.45) is 3.46. The van der Waals surface area contributed by atoms with Crippen LogP contribution in [0.4, 0.5) is 4.39 Å². The fourth-order valence-corrected chi connectivity index (χ4v) is 2.92. The van der Waals surface area contributed by atoms with E-state index < -0.39 is 5.82 Å². The van der Waals surface area contributed by atoms with E-state index in [9.17, 15) is 4.39 Å². The third-order valence-electron chi connectivity index (χ3n) is 3.13. The molecule has 22 heavy (non-hydrogen) atoms. The third kappa shape index (κ3) is 2.61.